The lowest BCUT2D eigenvalue weighted by Crippen LogP contribution is -2.47. The fraction of sp³-hybridized carbons (Fsp3) is 0.625. The highest BCUT2D eigenvalue weighted by Gasteiger charge is 2.21. The monoisotopic (exact) mass is 291 g/mol. The number of hydrogen-bond donors (Lipinski definition) is 1. The molecule has 0 amide bonds. The molecule has 116 valence electrons. The van der Waals surface area contributed by atoms with Crippen LogP contribution >= 0.6 is 0 Å². The summed E-state index contributed by atoms with van der Waals surface area (Å²) in [5.74, 6) is -0.690. The Morgan fingerprint density at radius 3 is 2.71 bits per heavy atom. The van der Waals surface area contributed by atoms with Crippen molar-refractivity contribution in [2.75, 3.05) is 32.7 Å². The van der Waals surface area contributed by atoms with Crippen molar-refractivity contribution in [1.82, 2.24) is 14.8 Å². The summed E-state index contributed by atoms with van der Waals surface area (Å²) in [6.07, 6.45) is 5.80. The number of aliphatic carboxylic acids is 1. The fourth-order valence-corrected chi connectivity index (χ4v) is 2.82. The highest BCUT2D eigenvalue weighted by molar-refractivity contribution is 5.66. The first-order valence-corrected chi connectivity index (χ1v) is 7.75. The maximum absolute atomic E-state index is 10.5. The molecule has 5 heteroatoms. The van der Waals surface area contributed by atoms with E-state index in [9.17, 15) is 4.79 Å². The lowest BCUT2D eigenvalue weighted by molar-refractivity contribution is -0.137. The Kier molecular flexibility index (Phi) is 6.14. The summed E-state index contributed by atoms with van der Waals surface area (Å²) < 4.78 is 0. The van der Waals surface area contributed by atoms with Gasteiger partial charge in [-0.15, -0.1) is 0 Å². The van der Waals surface area contributed by atoms with Crippen molar-refractivity contribution >= 4 is 5.97 Å². The van der Waals surface area contributed by atoms with Crippen LogP contribution in [0.5, 0.6) is 0 Å². The molecule has 5 nitrogen and oxygen atoms in total. The van der Waals surface area contributed by atoms with Crippen LogP contribution in [0.25, 0.3) is 0 Å². The van der Waals surface area contributed by atoms with Crippen LogP contribution in [0.3, 0.4) is 0 Å². The van der Waals surface area contributed by atoms with Crippen LogP contribution in [0.1, 0.15) is 37.8 Å². The van der Waals surface area contributed by atoms with E-state index in [-0.39, 0.29) is 6.42 Å². The van der Waals surface area contributed by atoms with Crippen LogP contribution in [0.4, 0.5) is 0 Å². The Hall–Kier alpha value is -1.46. The normalized spacial score (nSPS) is 18.5. The molecule has 0 bridgehead atoms. The molecule has 1 atom stereocenters. The molecule has 0 spiro atoms. The number of rotatable bonds is 7. The zero-order valence-corrected chi connectivity index (χ0v) is 12.7. The van der Waals surface area contributed by atoms with Gasteiger partial charge >= 0.3 is 5.97 Å². The summed E-state index contributed by atoms with van der Waals surface area (Å²) in [5.41, 5.74) is 1.27. The molecule has 2 rings (SSSR count). The van der Waals surface area contributed by atoms with Crippen molar-refractivity contribution in [1.29, 1.82) is 0 Å². The summed E-state index contributed by atoms with van der Waals surface area (Å²) in [7, 11) is 0. The minimum absolute atomic E-state index is 0.290. The SMILES string of the molecule is CC(c1cccnc1)N1CCN(CCCCC(=O)O)CC1. The third-order valence-corrected chi connectivity index (χ3v) is 4.24. The van der Waals surface area contributed by atoms with Crippen molar-refractivity contribution in [3.63, 3.8) is 0 Å². The van der Waals surface area contributed by atoms with Gasteiger partial charge in [0.05, 0.1) is 0 Å². The molecule has 1 saturated heterocycles. The average Bonchev–Trinajstić information content (AvgIpc) is 2.52. The lowest BCUT2D eigenvalue weighted by atomic mass is 10.1. The number of carbonyl (C=O) groups is 1. The molecular formula is C16H25N3O2. The number of piperazine rings is 1. The van der Waals surface area contributed by atoms with E-state index in [0.717, 1.165) is 45.6 Å². The van der Waals surface area contributed by atoms with Crippen LogP contribution in [-0.4, -0.2) is 58.6 Å². The maximum atomic E-state index is 10.5. The zero-order valence-electron chi connectivity index (χ0n) is 12.7. The Morgan fingerprint density at radius 1 is 1.33 bits per heavy atom. The third-order valence-electron chi connectivity index (χ3n) is 4.24. The van der Waals surface area contributed by atoms with E-state index in [1.54, 1.807) is 0 Å². The highest BCUT2D eigenvalue weighted by Crippen LogP contribution is 2.20. The summed E-state index contributed by atoms with van der Waals surface area (Å²) in [5, 5.41) is 8.63. The summed E-state index contributed by atoms with van der Waals surface area (Å²) in [6.45, 7) is 7.52. The van der Waals surface area contributed by atoms with Gasteiger partial charge in [-0.3, -0.25) is 14.7 Å². The largest absolute Gasteiger partial charge is 0.481 e. The smallest absolute Gasteiger partial charge is 0.303 e. The van der Waals surface area contributed by atoms with Gasteiger partial charge in [0.2, 0.25) is 0 Å². The van der Waals surface area contributed by atoms with Gasteiger partial charge in [-0.2, -0.15) is 0 Å². The highest BCUT2D eigenvalue weighted by atomic mass is 16.4. The maximum Gasteiger partial charge on any atom is 0.303 e. The number of nitrogens with zero attached hydrogens (tertiary/aromatic N) is 3. The van der Waals surface area contributed by atoms with Gasteiger partial charge < -0.3 is 10.0 Å². The molecule has 0 saturated carbocycles. The molecular weight excluding hydrogens is 266 g/mol. The molecule has 1 fully saturated rings. The Bertz CT molecular complexity index is 430. The molecule has 0 radical (unpaired) electrons. The van der Waals surface area contributed by atoms with Gasteiger partial charge in [0.1, 0.15) is 0 Å². The first-order chi connectivity index (χ1) is 10.2. The number of unbranched alkanes of at least 4 members (excludes halogenated alkanes) is 1. The topological polar surface area (TPSA) is 56.7 Å². The van der Waals surface area contributed by atoms with E-state index >= 15 is 0 Å². The minimum Gasteiger partial charge on any atom is -0.481 e. The van der Waals surface area contributed by atoms with Crippen LogP contribution in [0.15, 0.2) is 24.5 Å². The number of hydrogen-bond acceptors (Lipinski definition) is 4. The second-order valence-corrected chi connectivity index (χ2v) is 5.69. The van der Waals surface area contributed by atoms with Crippen molar-refractivity contribution in [3.05, 3.63) is 30.1 Å². The molecule has 1 aromatic rings. The van der Waals surface area contributed by atoms with Gasteiger partial charge in [0, 0.05) is 51.0 Å². The molecule has 1 aromatic heterocycles. The van der Waals surface area contributed by atoms with Crippen LogP contribution in [0, 0.1) is 0 Å². The lowest BCUT2D eigenvalue weighted by Gasteiger charge is -2.38. The molecule has 21 heavy (non-hydrogen) atoms. The van der Waals surface area contributed by atoms with Crippen LogP contribution in [-0.2, 0) is 4.79 Å². The Morgan fingerprint density at radius 2 is 2.10 bits per heavy atom. The average molecular weight is 291 g/mol. The van der Waals surface area contributed by atoms with E-state index in [4.69, 9.17) is 5.11 Å². The molecule has 1 unspecified atom stereocenters. The Labute approximate surface area is 126 Å². The quantitative estimate of drug-likeness (QED) is 0.779. The molecule has 0 aliphatic carbocycles. The molecule has 0 aromatic carbocycles. The second kappa shape index (κ2) is 8.10. The zero-order chi connectivity index (χ0) is 15.1. The van der Waals surface area contributed by atoms with E-state index in [1.165, 1.54) is 5.56 Å². The molecule has 1 aliphatic heterocycles. The Balaban J connectivity index is 1.69. The molecule has 1 N–H and O–H groups in total. The number of aromatic nitrogens is 1. The van der Waals surface area contributed by atoms with E-state index < -0.39 is 5.97 Å². The predicted octanol–water partition coefficient (Wildman–Crippen LogP) is 2.02. The first-order valence-electron chi connectivity index (χ1n) is 7.75. The van der Waals surface area contributed by atoms with Gasteiger partial charge in [-0.25, -0.2) is 0 Å². The van der Waals surface area contributed by atoms with Crippen molar-refractivity contribution in [2.24, 2.45) is 0 Å². The van der Waals surface area contributed by atoms with Gasteiger partial charge in [-0.05, 0) is 37.9 Å². The van der Waals surface area contributed by atoms with E-state index in [0.29, 0.717) is 6.04 Å². The van der Waals surface area contributed by atoms with E-state index in [2.05, 4.69) is 27.8 Å². The minimum atomic E-state index is -0.690. The van der Waals surface area contributed by atoms with Crippen LogP contribution in [0.2, 0.25) is 0 Å². The van der Waals surface area contributed by atoms with E-state index in [1.807, 2.05) is 18.5 Å². The van der Waals surface area contributed by atoms with Gasteiger partial charge in [0.15, 0.2) is 0 Å². The van der Waals surface area contributed by atoms with Crippen LogP contribution < -0.4 is 0 Å². The fourth-order valence-electron chi connectivity index (χ4n) is 2.82. The second-order valence-electron chi connectivity index (χ2n) is 5.69. The molecule has 1 aliphatic rings. The predicted molar refractivity (Wildman–Crippen MR) is 82.2 cm³/mol. The van der Waals surface area contributed by atoms with Crippen molar-refractivity contribution < 1.29 is 9.90 Å². The molecule has 2 heterocycles. The number of carboxylic acids is 1. The van der Waals surface area contributed by atoms with Gasteiger partial charge in [-0.1, -0.05) is 6.07 Å². The number of carboxylic acid groups (broad SMARTS) is 1. The first kappa shape index (κ1) is 15.9. The standard InChI is InChI=1S/C16H25N3O2/c1-14(15-5-4-7-17-13-15)19-11-9-18(10-12-19)8-3-2-6-16(20)21/h4-5,7,13-14H,2-3,6,8-12H2,1H3,(H,20,21). The van der Waals surface area contributed by atoms with Crippen molar-refractivity contribution in [3.8, 4) is 0 Å². The summed E-state index contributed by atoms with van der Waals surface area (Å²) in [4.78, 5) is 19.6. The van der Waals surface area contributed by atoms with Gasteiger partial charge in [0.25, 0.3) is 0 Å². The van der Waals surface area contributed by atoms with Crippen molar-refractivity contribution in [2.45, 2.75) is 32.2 Å². The number of pyridine rings is 1. The third kappa shape index (κ3) is 5.10. The summed E-state index contributed by atoms with van der Waals surface area (Å²) in [6, 6.07) is 4.54. The summed E-state index contributed by atoms with van der Waals surface area (Å²) >= 11 is 0.